The SMILES string of the molecule is CCc1nn(C)c(C(=O)N2CC3CCC(O)C3C2)c1N. The highest BCUT2D eigenvalue weighted by Crippen LogP contribution is 2.38. The molecule has 3 rings (SSSR count). The number of aliphatic hydroxyl groups excluding tert-OH is 1. The summed E-state index contributed by atoms with van der Waals surface area (Å²) in [5.74, 6) is 0.617. The number of nitrogens with two attached hydrogens (primary N) is 1. The lowest BCUT2D eigenvalue weighted by Crippen LogP contribution is -2.32. The van der Waals surface area contributed by atoms with Crippen LogP contribution in [0.2, 0.25) is 0 Å². The van der Waals surface area contributed by atoms with Crippen LogP contribution in [0.3, 0.4) is 0 Å². The van der Waals surface area contributed by atoms with Gasteiger partial charge in [-0.3, -0.25) is 9.48 Å². The minimum atomic E-state index is -0.257. The van der Waals surface area contributed by atoms with Crippen molar-refractivity contribution in [1.29, 1.82) is 0 Å². The Labute approximate surface area is 118 Å². The fourth-order valence-corrected chi connectivity index (χ4v) is 3.66. The van der Waals surface area contributed by atoms with E-state index in [9.17, 15) is 9.90 Å². The van der Waals surface area contributed by atoms with Crippen molar-refractivity contribution in [2.75, 3.05) is 18.8 Å². The molecule has 0 spiro atoms. The topological polar surface area (TPSA) is 84.4 Å². The maximum absolute atomic E-state index is 12.7. The maximum atomic E-state index is 12.7. The molecule has 2 aliphatic rings. The Balaban J connectivity index is 1.82. The predicted octanol–water partition coefficient (Wildman–Crippen LogP) is 0.408. The quantitative estimate of drug-likeness (QED) is 0.820. The molecule has 3 unspecified atom stereocenters. The Kier molecular flexibility index (Phi) is 3.20. The largest absolute Gasteiger partial charge is 0.395 e. The fraction of sp³-hybridized carbons (Fsp3) is 0.714. The average Bonchev–Trinajstić information content (AvgIpc) is 3.05. The smallest absolute Gasteiger partial charge is 0.274 e. The Morgan fingerprint density at radius 1 is 1.45 bits per heavy atom. The van der Waals surface area contributed by atoms with Gasteiger partial charge in [0.25, 0.3) is 5.91 Å². The Hall–Kier alpha value is -1.56. The third-order valence-corrected chi connectivity index (χ3v) is 4.80. The number of hydrogen-bond acceptors (Lipinski definition) is 4. The molecule has 1 aromatic rings. The van der Waals surface area contributed by atoms with Crippen molar-refractivity contribution in [2.24, 2.45) is 18.9 Å². The van der Waals surface area contributed by atoms with Crippen molar-refractivity contribution < 1.29 is 9.90 Å². The van der Waals surface area contributed by atoms with E-state index in [0.717, 1.165) is 31.5 Å². The summed E-state index contributed by atoms with van der Waals surface area (Å²) in [5.41, 5.74) is 7.80. The summed E-state index contributed by atoms with van der Waals surface area (Å²) < 4.78 is 1.58. The predicted molar refractivity (Wildman–Crippen MR) is 75.1 cm³/mol. The number of carbonyl (C=O) groups is 1. The molecule has 1 saturated heterocycles. The number of likely N-dealkylation sites (tertiary alicyclic amines) is 1. The summed E-state index contributed by atoms with van der Waals surface area (Å²) >= 11 is 0. The molecule has 6 heteroatoms. The van der Waals surface area contributed by atoms with Crippen molar-refractivity contribution in [3.63, 3.8) is 0 Å². The van der Waals surface area contributed by atoms with E-state index in [1.807, 2.05) is 11.8 Å². The summed E-state index contributed by atoms with van der Waals surface area (Å²) in [5, 5.41) is 14.2. The van der Waals surface area contributed by atoms with Gasteiger partial charge in [0.15, 0.2) is 0 Å². The van der Waals surface area contributed by atoms with Gasteiger partial charge in [-0.2, -0.15) is 5.10 Å². The molecule has 3 atom stereocenters. The molecular formula is C14H22N4O2. The van der Waals surface area contributed by atoms with E-state index in [2.05, 4.69) is 5.10 Å². The fourth-order valence-electron chi connectivity index (χ4n) is 3.66. The van der Waals surface area contributed by atoms with Crippen LogP contribution in [0.15, 0.2) is 0 Å². The van der Waals surface area contributed by atoms with Crippen LogP contribution in [0.5, 0.6) is 0 Å². The van der Waals surface area contributed by atoms with E-state index >= 15 is 0 Å². The number of carbonyl (C=O) groups excluding carboxylic acids is 1. The van der Waals surface area contributed by atoms with Gasteiger partial charge in [-0.15, -0.1) is 0 Å². The van der Waals surface area contributed by atoms with Gasteiger partial charge < -0.3 is 15.7 Å². The second-order valence-corrected chi connectivity index (χ2v) is 5.96. The molecule has 20 heavy (non-hydrogen) atoms. The van der Waals surface area contributed by atoms with Gasteiger partial charge in [0.1, 0.15) is 5.69 Å². The van der Waals surface area contributed by atoms with Gasteiger partial charge in [0.2, 0.25) is 0 Å². The number of aromatic nitrogens is 2. The van der Waals surface area contributed by atoms with Crippen LogP contribution in [-0.4, -0.2) is 44.9 Å². The van der Waals surface area contributed by atoms with E-state index in [1.165, 1.54) is 0 Å². The van der Waals surface area contributed by atoms with Crippen LogP contribution in [0, 0.1) is 11.8 Å². The molecule has 3 N–H and O–H groups in total. The van der Waals surface area contributed by atoms with Gasteiger partial charge in [0, 0.05) is 26.1 Å². The zero-order chi connectivity index (χ0) is 14.4. The van der Waals surface area contributed by atoms with Crippen LogP contribution in [0.25, 0.3) is 0 Å². The summed E-state index contributed by atoms with van der Waals surface area (Å²) in [6, 6.07) is 0. The lowest BCUT2D eigenvalue weighted by molar-refractivity contribution is 0.0743. The van der Waals surface area contributed by atoms with Crippen LogP contribution in [0.1, 0.15) is 35.9 Å². The zero-order valence-electron chi connectivity index (χ0n) is 12.0. The number of nitrogens with zero attached hydrogens (tertiary/aromatic N) is 3. The van der Waals surface area contributed by atoms with Crippen LogP contribution < -0.4 is 5.73 Å². The van der Waals surface area contributed by atoms with E-state index in [4.69, 9.17) is 5.73 Å². The first-order valence-electron chi connectivity index (χ1n) is 7.31. The number of amides is 1. The Morgan fingerprint density at radius 2 is 2.20 bits per heavy atom. The number of nitrogen functional groups attached to an aromatic ring is 1. The first-order valence-corrected chi connectivity index (χ1v) is 7.31. The van der Waals surface area contributed by atoms with E-state index < -0.39 is 0 Å². The minimum Gasteiger partial charge on any atom is -0.395 e. The van der Waals surface area contributed by atoms with Gasteiger partial charge in [-0.1, -0.05) is 6.92 Å². The standard InChI is InChI=1S/C14H22N4O2/c1-3-10-12(15)13(17(2)16-10)14(20)18-6-8-4-5-11(19)9(8)7-18/h8-9,11,19H,3-7,15H2,1-2H3. The lowest BCUT2D eigenvalue weighted by Gasteiger charge is -2.18. The molecule has 1 saturated carbocycles. The van der Waals surface area contributed by atoms with Crippen molar-refractivity contribution in [3.05, 3.63) is 11.4 Å². The number of fused-ring (bicyclic) bond motifs is 1. The molecule has 1 aromatic heterocycles. The summed E-state index contributed by atoms with van der Waals surface area (Å²) in [7, 11) is 1.76. The number of anilines is 1. The molecule has 0 bridgehead atoms. The summed E-state index contributed by atoms with van der Waals surface area (Å²) in [6.07, 6.45) is 2.34. The highest BCUT2D eigenvalue weighted by Gasteiger charge is 2.44. The summed E-state index contributed by atoms with van der Waals surface area (Å²) in [6.45, 7) is 3.34. The minimum absolute atomic E-state index is 0.0567. The van der Waals surface area contributed by atoms with E-state index in [-0.39, 0.29) is 17.9 Å². The van der Waals surface area contributed by atoms with Crippen LogP contribution in [-0.2, 0) is 13.5 Å². The highest BCUT2D eigenvalue weighted by molar-refractivity contribution is 5.98. The van der Waals surface area contributed by atoms with Gasteiger partial charge >= 0.3 is 0 Å². The molecule has 0 radical (unpaired) electrons. The van der Waals surface area contributed by atoms with Crippen molar-refractivity contribution in [2.45, 2.75) is 32.3 Å². The number of aryl methyl sites for hydroxylation is 2. The Morgan fingerprint density at radius 3 is 2.80 bits per heavy atom. The highest BCUT2D eigenvalue weighted by atomic mass is 16.3. The molecular weight excluding hydrogens is 256 g/mol. The second-order valence-electron chi connectivity index (χ2n) is 5.96. The monoisotopic (exact) mass is 278 g/mol. The number of aliphatic hydroxyl groups is 1. The third kappa shape index (κ3) is 1.90. The van der Waals surface area contributed by atoms with Crippen LogP contribution in [0.4, 0.5) is 5.69 Å². The zero-order valence-corrected chi connectivity index (χ0v) is 12.0. The number of rotatable bonds is 2. The van der Waals surface area contributed by atoms with Crippen LogP contribution >= 0.6 is 0 Å². The average molecular weight is 278 g/mol. The van der Waals surface area contributed by atoms with Crippen molar-refractivity contribution in [1.82, 2.24) is 14.7 Å². The molecule has 1 amide bonds. The number of hydrogen-bond donors (Lipinski definition) is 2. The van der Waals surface area contributed by atoms with Gasteiger partial charge in [-0.05, 0) is 25.2 Å². The van der Waals surface area contributed by atoms with Crippen molar-refractivity contribution >= 4 is 11.6 Å². The first kappa shape index (κ1) is 13.4. The molecule has 1 aliphatic carbocycles. The van der Waals surface area contributed by atoms with E-state index in [0.29, 0.717) is 23.8 Å². The summed E-state index contributed by atoms with van der Waals surface area (Å²) in [4.78, 5) is 14.5. The molecule has 6 nitrogen and oxygen atoms in total. The van der Waals surface area contributed by atoms with Crippen molar-refractivity contribution in [3.8, 4) is 0 Å². The van der Waals surface area contributed by atoms with Gasteiger partial charge in [-0.25, -0.2) is 0 Å². The maximum Gasteiger partial charge on any atom is 0.274 e. The lowest BCUT2D eigenvalue weighted by atomic mass is 10.00. The third-order valence-electron chi connectivity index (χ3n) is 4.80. The molecule has 110 valence electrons. The van der Waals surface area contributed by atoms with Gasteiger partial charge in [0.05, 0.1) is 17.5 Å². The molecule has 0 aromatic carbocycles. The Bertz CT molecular complexity index is 540. The normalized spacial score (nSPS) is 28.9. The second kappa shape index (κ2) is 4.77. The van der Waals surface area contributed by atoms with E-state index in [1.54, 1.807) is 11.7 Å². The molecule has 2 fully saturated rings. The molecule has 1 aliphatic heterocycles. The molecule has 2 heterocycles. The first-order chi connectivity index (χ1) is 9.52.